The Hall–Kier alpha value is -2.96. The number of hydrogen-bond donors (Lipinski definition) is 0. The van der Waals surface area contributed by atoms with E-state index in [0.717, 1.165) is 16.0 Å². The number of ether oxygens (including phenoxy) is 1. The molecule has 3 rings (SSSR count). The summed E-state index contributed by atoms with van der Waals surface area (Å²) in [4.78, 5) is 26.9. The van der Waals surface area contributed by atoms with Crippen molar-refractivity contribution in [2.75, 3.05) is 25.1 Å². The highest BCUT2D eigenvalue weighted by Crippen LogP contribution is 2.30. The molecule has 27 heavy (non-hydrogen) atoms. The number of methoxy groups -OCH3 is 1. The normalized spacial score (nSPS) is 15.0. The molecule has 0 atom stereocenters. The monoisotopic (exact) mass is 374 g/mol. The zero-order valence-electron chi connectivity index (χ0n) is 15.1. The zero-order chi connectivity index (χ0) is 19.6. The number of amides is 2. The number of aryl methyl sites for hydroxylation is 1. The van der Waals surface area contributed by atoms with Gasteiger partial charge in [-0.25, -0.2) is 18.4 Å². The Labute approximate surface area is 156 Å². The van der Waals surface area contributed by atoms with Gasteiger partial charge >= 0.3 is 12.0 Å². The highest BCUT2D eigenvalue weighted by molar-refractivity contribution is 5.93. The van der Waals surface area contributed by atoms with Gasteiger partial charge in [-0.05, 0) is 42.3 Å². The zero-order valence-corrected chi connectivity index (χ0v) is 15.1. The van der Waals surface area contributed by atoms with Crippen LogP contribution in [0.5, 0.6) is 0 Å². The van der Waals surface area contributed by atoms with Crippen molar-refractivity contribution < 1.29 is 23.1 Å². The number of likely N-dealkylation sites (tertiary alicyclic amines) is 1. The topological polar surface area (TPSA) is 49.9 Å². The third-order valence-corrected chi connectivity index (χ3v) is 4.37. The SMILES string of the molecule is COC(=O)c1ccc(CN(C(=O)N2CC(F)(F)C2)c2cccc(C)c2)cc1. The maximum Gasteiger partial charge on any atom is 0.337 e. The van der Waals surface area contributed by atoms with Gasteiger partial charge < -0.3 is 9.64 Å². The lowest BCUT2D eigenvalue weighted by Gasteiger charge is -2.41. The Morgan fingerprint density at radius 1 is 1.15 bits per heavy atom. The fourth-order valence-corrected chi connectivity index (χ4v) is 2.93. The predicted molar refractivity (Wildman–Crippen MR) is 97.1 cm³/mol. The van der Waals surface area contributed by atoms with Crippen molar-refractivity contribution in [1.29, 1.82) is 0 Å². The van der Waals surface area contributed by atoms with Gasteiger partial charge in [-0.2, -0.15) is 0 Å². The lowest BCUT2D eigenvalue weighted by atomic mass is 10.1. The summed E-state index contributed by atoms with van der Waals surface area (Å²) in [7, 11) is 1.30. The summed E-state index contributed by atoms with van der Waals surface area (Å²) in [5, 5.41) is 0. The van der Waals surface area contributed by atoms with Gasteiger partial charge in [0.25, 0.3) is 5.92 Å². The number of alkyl halides is 2. The van der Waals surface area contributed by atoms with Crippen LogP contribution in [0.2, 0.25) is 0 Å². The van der Waals surface area contributed by atoms with Crippen LogP contribution in [-0.2, 0) is 11.3 Å². The van der Waals surface area contributed by atoms with E-state index in [1.54, 1.807) is 30.3 Å². The van der Waals surface area contributed by atoms with E-state index in [0.29, 0.717) is 11.3 Å². The molecule has 1 aliphatic rings. The molecule has 2 aromatic rings. The molecule has 0 bridgehead atoms. The van der Waals surface area contributed by atoms with Crippen LogP contribution < -0.4 is 4.90 Å². The number of benzene rings is 2. The molecule has 142 valence electrons. The van der Waals surface area contributed by atoms with E-state index in [1.165, 1.54) is 12.0 Å². The van der Waals surface area contributed by atoms with Crippen molar-refractivity contribution >= 4 is 17.7 Å². The van der Waals surface area contributed by atoms with Gasteiger partial charge in [-0.15, -0.1) is 0 Å². The molecule has 0 N–H and O–H groups in total. The summed E-state index contributed by atoms with van der Waals surface area (Å²) in [6, 6.07) is 13.5. The summed E-state index contributed by atoms with van der Waals surface area (Å²) in [6.07, 6.45) is 0. The van der Waals surface area contributed by atoms with Gasteiger partial charge in [-0.3, -0.25) is 4.90 Å². The molecule has 5 nitrogen and oxygen atoms in total. The van der Waals surface area contributed by atoms with Crippen molar-refractivity contribution in [2.45, 2.75) is 19.4 Å². The Morgan fingerprint density at radius 3 is 2.37 bits per heavy atom. The smallest absolute Gasteiger partial charge is 0.337 e. The number of rotatable bonds is 4. The van der Waals surface area contributed by atoms with E-state index in [9.17, 15) is 18.4 Å². The molecule has 1 aliphatic heterocycles. The first kappa shape index (κ1) is 18.8. The summed E-state index contributed by atoms with van der Waals surface area (Å²) < 4.78 is 31.1. The van der Waals surface area contributed by atoms with Crippen LogP contribution in [0.3, 0.4) is 0 Å². The van der Waals surface area contributed by atoms with Gasteiger partial charge in [0.15, 0.2) is 0 Å². The molecule has 1 saturated heterocycles. The minimum Gasteiger partial charge on any atom is -0.465 e. The van der Waals surface area contributed by atoms with E-state index in [4.69, 9.17) is 0 Å². The second-order valence-corrected chi connectivity index (χ2v) is 6.61. The Kier molecular flexibility index (Phi) is 5.12. The molecule has 0 radical (unpaired) electrons. The molecule has 2 amide bonds. The van der Waals surface area contributed by atoms with Gasteiger partial charge in [0.1, 0.15) is 0 Å². The molecule has 0 saturated carbocycles. The number of halogens is 2. The van der Waals surface area contributed by atoms with E-state index in [2.05, 4.69) is 4.74 Å². The quantitative estimate of drug-likeness (QED) is 0.764. The number of urea groups is 1. The first-order valence-corrected chi connectivity index (χ1v) is 8.47. The number of nitrogens with zero attached hydrogens (tertiary/aromatic N) is 2. The summed E-state index contributed by atoms with van der Waals surface area (Å²) in [5.74, 6) is -3.27. The van der Waals surface area contributed by atoms with Crippen LogP contribution in [0.25, 0.3) is 0 Å². The van der Waals surface area contributed by atoms with Crippen LogP contribution in [0, 0.1) is 6.92 Å². The van der Waals surface area contributed by atoms with Crippen LogP contribution >= 0.6 is 0 Å². The number of carbonyl (C=O) groups excluding carboxylic acids is 2. The van der Waals surface area contributed by atoms with Crippen molar-refractivity contribution in [2.24, 2.45) is 0 Å². The van der Waals surface area contributed by atoms with E-state index in [1.807, 2.05) is 25.1 Å². The molecule has 0 spiro atoms. The molecular formula is C20H20F2N2O3. The minimum absolute atomic E-state index is 0.200. The largest absolute Gasteiger partial charge is 0.465 e. The van der Waals surface area contributed by atoms with Crippen molar-refractivity contribution in [3.63, 3.8) is 0 Å². The van der Waals surface area contributed by atoms with Crippen LogP contribution in [-0.4, -0.2) is 43.0 Å². The number of hydrogen-bond acceptors (Lipinski definition) is 3. The fourth-order valence-electron chi connectivity index (χ4n) is 2.93. The summed E-state index contributed by atoms with van der Waals surface area (Å²) in [5.41, 5.74) is 2.76. The summed E-state index contributed by atoms with van der Waals surface area (Å²) in [6.45, 7) is 0.950. The highest BCUT2D eigenvalue weighted by Gasteiger charge is 2.47. The van der Waals surface area contributed by atoms with Crippen molar-refractivity contribution in [3.8, 4) is 0 Å². The fraction of sp³-hybridized carbons (Fsp3) is 0.300. The van der Waals surface area contributed by atoms with E-state index in [-0.39, 0.29) is 6.54 Å². The third-order valence-electron chi connectivity index (χ3n) is 4.37. The number of esters is 1. The minimum atomic E-state index is -2.82. The highest BCUT2D eigenvalue weighted by atomic mass is 19.3. The van der Waals surface area contributed by atoms with E-state index >= 15 is 0 Å². The van der Waals surface area contributed by atoms with Crippen LogP contribution in [0.15, 0.2) is 48.5 Å². The summed E-state index contributed by atoms with van der Waals surface area (Å²) >= 11 is 0. The molecule has 0 aliphatic carbocycles. The maximum absolute atomic E-state index is 13.2. The first-order chi connectivity index (χ1) is 12.8. The van der Waals surface area contributed by atoms with Gasteiger partial charge in [0.2, 0.25) is 0 Å². The molecule has 0 unspecified atom stereocenters. The molecule has 1 fully saturated rings. The number of anilines is 1. The lowest BCUT2D eigenvalue weighted by molar-refractivity contribution is -0.108. The van der Waals surface area contributed by atoms with E-state index < -0.39 is 31.0 Å². The van der Waals surface area contributed by atoms with Crippen LogP contribution in [0.4, 0.5) is 19.3 Å². The third kappa shape index (κ3) is 4.24. The van der Waals surface area contributed by atoms with Crippen LogP contribution in [0.1, 0.15) is 21.5 Å². The second kappa shape index (κ2) is 7.34. The molecule has 2 aromatic carbocycles. The van der Waals surface area contributed by atoms with Crippen molar-refractivity contribution in [3.05, 3.63) is 65.2 Å². The second-order valence-electron chi connectivity index (χ2n) is 6.61. The van der Waals surface area contributed by atoms with Gasteiger partial charge in [0.05, 0.1) is 32.3 Å². The molecule has 0 aromatic heterocycles. The Morgan fingerprint density at radius 2 is 1.81 bits per heavy atom. The maximum atomic E-state index is 13.2. The Bertz CT molecular complexity index is 845. The van der Waals surface area contributed by atoms with Gasteiger partial charge in [-0.1, -0.05) is 24.3 Å². The molecule has 7 heteroatoms. The van der Waals surface area contributed by atoms with Crippen molar-refractivity contribution in [1.82, 2.24) is 4.90 Å². The first-order valence-electron chi connectivity index (χ1n) is 8.47. The van der Waals surface area contributed by atoms with Gasteiger partial charge in [0, 0.05) is 5.69 Å². The number of carbonyl (C=O) groups is 2. The standard InChI is InChI=1S/C20H20F2N2O3/c1-14-4-3-5-17(10-14)24(19(26)23-12-20(21,22)13-23)11-15-6-8-16(9-7-15)18(25)27-2/h3-10H,11-13H2,1-2H3. The molecular weight excluding hydrogens is 354 g/mol. The average molecular weight is 374 g/mol. The lowest BCUT2D eigenvalue weighted by Crippen LogP contribution is -2.61. The predicted octanol–water partition coefficient (Wildman–Crippen LogP) is 3.86. The molecule has 1 heterocycles. The Balaban J connectivity index is 1.84. The average Bonchev–Trinajstić information content (AvgIpc) is 2.63.